The summed E-state index contributed by atoms with van der Waals surface area (Å²) in [4.78, 5) is 25.1. The lowest BCUT2D eigenvalue weighted by atomic mass is 10.1. The third kappa shape index (κ3) is 4.64. The van der Waals surface area contributed by atoms with Crippen LogP contribution in [0.15, 0.2) is 0 Å². The van der Waals surface area contributed by atoms with E-state index in [2.05, 4.69) is 0 Å². The number of hydrogen-bond acceptors (Lipinski definition) is 4. The highest BCUT2D eigenvalue weighted by atomic mass is 16.5. The summed E-state index contributed by atoms with van der Waals surface area (Å²) in [5, 5.41) is 0. The first-order valence-corrected chi connectivity index (χ1v) is 6.66. The molecule has 0 saturated heterocycles. The van der Waals surface area contributed by atoms with E-state index in [9.17, 15) is 9.59 Å². The molecule has 0 radical (unpaired) electrons. The second-order valence-electron chi connectivity index (χ2n) is 5.13. The van der Waals surface area contributed by atoms with Gasteiger partial charge in [0.1, 0.15) is 6.54 Å². The first-order chi connectivity index (χ1) is 8.45. The lowest BCUT2D eigenvalue weighted by Crippen LogP contribution is -2.43. The third-order valence-corrected chi connectivity index (χ3v) is 3.19. The fourth-order valence-corrected chi connectivity index (χ4v) is 1.91. The Morgan fingerprint density at radius 1 is 1.39 bits per heavy atom. The average molecular weight is 256 g/mol. The van der Waals surface area contributed by atoms with E-state index in [1.54, 1.807) is 11.8 Å². The highest BCUT2D eigenvalue weighted by Gasteiger charge is 2.32. The molecule has 104 valence electrons. The van der Waals surface area contributed by atoms with Crippen LogP contribution < -0.4 is 5.73 Å². The van der Waals surface area contributed by atoms with Crippen LogP contribution >= 0.6 is 0 Å². The molecular weight excluding hydrogens is 232 g/mol. The Hall–Kier alpha value is -1.10. The van der Waals surface area contributed by atoms with Crippen LogP contribution in [0, 0.1) is 5.92 Å². The summed E-state index contributed by atoms with van der Waals surface area (Å²) in [6, 6.07) is -0.0887. The van der Waals surface area contributed by atoms with Gasteiger partial charge in [0.2, 0.25) is 5.91 Å². The number of carbonyl (C=O) groups is 2. The van der Waals surface area contributed by atoms with Crippen LogP contribution in [0.25, 0.3) is 0 Å². The van der Waals surface area contributed by atoms with Crippen LogP contribution in [0.3, 0.4) is 0 Å². The van der Waals surface area contributed by atoms with Crippen molar-refractivity contribution in [1.82, 2.24) is 4.90 Å². The summed E-state index contributed by atoms with van der Waals surface area (Å²) in [6.07, 6.45) is 2.56. The molecule has 5 nitrogen and oxygen atoms in total. The molecule has 0 spiro atoms. The van der Waals surface area contributed by atoms with Gasteiger partial charge in [-0.05, 0) is 39.5 Å². The number of amides is 1. The number of carbonyl (C=O) groups excluding carboxylic acids is 2. The van der Waals surface area contributed by atoms with Gasteiger partial charge in [-0.3, -0.25) is 9.59 Å². The number of ether oxygens (including phenoxy) is 1. The van der Waals surface area contributed by atoms with Gasteiger partial charge in [0.15, 0.2) is 0 Å². The molecule has 1 amide bonds. The van der Waals surface area contributed by atoms with Crippen molar-refractivity contribution < 1.29 is 14.3 Å². The molecule has 0 aromatic heterocycles. The maximum absolute atomic E-state index is 12.1. The first kappa shape index (κ1) is 15.0. The van der Waals surface area contributed by atoms with E-state index >= 15 is 0 Å². The lowest BCUT2D eigenvalue weighted by molar-refractivity contribution is -0.150. The minimum atomic E-state index is -0.362. The smallest absolute Gasteiger partial charge is 0.325 e. The number of esters is 1. The average Bonchev–Trinajstić information content (AvgIpc) is 3.09. The minimum Gasteiger partial charge on any atom is -0.465 e. The van der Waals surface area contributed by atoms with Gasteiger partial charge in [0.25, 0.3) is 0 Å². The maximum atomic E-state index is 12.1. The summed E-state index contributed by atoms with van der Waals surface area (Å²) >= 11 is 0. The second-order valence-corrected chi connectivity index (χ2v) is 5.13. The second kappa shape index (κ2) is 6.73. The highest BCUT2D eigenvalue weighted by Crippen LogP contribution is 2.33. The Morgan fingerprint density at radius 3 is 2.44 bits per heavy atom. The number of nitrogens with two attached hydrogens (primary N) is 1. The van der Waals surface area contributed by atoms with E-state index in [1.807, 2.05) is 13.8 Å². The summed E-state index contributed by atoms with van der Waals surface area (Å²) in [6.45, 7) is 5.88. The molecular formula is C13H24N2O3. The Balaban J connectivity index is 2.48. The molecule has 0 aromatic rings. The molecule has 1 rings (SSSR count). The predicted molar refractivity (Wildman–Crippen MR) is 68.8 cm³/mol. The van der Waals surface area contributed by atoms with Crippen LogP contribution in [-0.2, 0) is 14.3 Å². The van der Waals surface area contributed by atoms with Crippen molar-refractivity contribution in [3.05, 3.63) is 0 Å². The first-order valence-electron chi connectivity index (χ1n) is 6.66. The normalized spacial score (nSPS) is 16.5. The molecule has 1 aliphatic carbocycles. The minimum absolute atomic E-state index is 0.0156. The predicted octanol–water partition coefficient (Wildman–Crippen LogP) is 0.914. The van der Waals surface area contributed by atoms with Crippen molar-refractivity contribution in [2.24, 2.45) is 11.7 Å². The van der Waals surface area contributed by atoms with Gasteiger partial charge in [-0.2, -0.15) is 0 Å². The van der Waals surface area contributed by atoms with Crippen LogP contribution in [0.2, 0.25) is 0 Å². The van der Waals surface area contributed by atoms with Crippen LogP contribution in [0.4, 0.5) is 0 Å². The van der Waals surface area contributed by atoms with Crippen LogP contribution in [0.1, 0.15) is 40.0 Å². The Bertz CT molecular complexity index is 301. The standard InChI is InChI=1S/C13H24N2O3/c1-4-18-13(17)8-15(9(2)3)12(16)7-11(14)10-5-6-10/h9-11H,4-8,14H2,1-3H3. The van der Waals surface area contributed by atoms with Gasteiger partial charge in [0, 0.05) is 18.5 Å². The zero-order chi connectivity index (χ0) is 13.7. The summed E-state index contributed by atoms with van der Waals surface area (Å²) < 4.78 is 4.87. The summed E-state index contributed by atoms with van der Waals surface area (Å²) in [5.41, 5.74) is 5.94. The molecule has 2 N–H and O–H groups in total. The topological polar surface area (TPSA) is 72.6 Å². The zero-order valence-electron chi connectivity index (χ0n) is 11.5. The molecule has 1 atom stereocenters. The van der Waals surface area contributed by atoms with E-state index in [4.69, 9.17) is 10.5 Å². The van der Waals surface area contributed by atoms with E-state index in [1.165, 1.54) is 0 Å². The molecule has 1 unspecified atom stereocenters. The molecule has 1 fully saturated rings. The Morgan fingerprint density at radius 2 is 2.00 bits per heavy atom. The van der Waals surface area contributed by atoms with Crippen LogP contribution in [0.5, 0.6) is 0 Å². The maximum Gasteiger partial charge on any atom is 0.325 e. The molecule has 1 saturated carbocycles. The molecule has 0 aromatic carbocycles. The quantitative estimate of drug-likeness (QED) is 0.687. The number of hydrogen-bond donors (Lipinski definition) is 1. The number of nitrogens with zero attached hydrogens (tertiary/aromatic N) is 1. The summed E-state index contributed by atoms with van der Waals surface area (Å²) in [5.74, 6) is 0.0718. The van der Waals surface area contributed by atoms with Crippen molar-refractivity contribution >= 4 is 11.9 Å². The van der Waals surface area contributed by atoms with Gasteiger partial charge in [-0.1, -0.05) is 0 Å². The molecule has 1 aliphatic rings. The molecule has 0 aliphatic heterocycles. The van der Waals surface area contributed by atoms with E-state index < -0.39 is 0 Å². The van der Waals surface area contributed by atoms with Gasteiger partial charge >= 0.3 is 5.97 Å². The third-order valence-electron chi connectivity index (χ3n) is 3.19. The SMILES string of the molecule is CCOC(=O)CN(C(=O)CC(N)C1CC1)C(C)C. The van der Waals surface area contributed by atoms with E-state index in [-0.39, 0.29) is 30.5 Å². The van der Waals surface area contributed by atoms with Crippen molar-refractivity contribution in [3.8, 4) is 0 Å². The van der Waals surface area contributed by atoms with Gasteiger partial charge < -0.3 is 15.4 Å². The fraction of sp³-hybridized carbons (Fsp3) is 0.846. The monoisotopic (exact) mass is 256 g/mol. The Kier molecular flexibility index (Phi) is 5.59. The molecule has 5 heteroatoms. The van der Waals surface area contributed by atoms with Gasteiger partial charge in [-0.25, -0.2) is 0 Å². The van der Waals surface area contributed by atoms with E-state index in [0.717, 1.165) is 12.8 Å². The highest BCUT2D eigenvalue weighted by molar-refractivity contribution is 5.82. The van der Waals surface area contributed by atoms with Crippen molar-refractivity contribution in [1.29, 1.82) is 0 Å². The summed E-state index contributed by atoms with van der Waals surface area (Å²) in [7, 11) is 0. The van der Waals surface area contributed by atoms with E-state index in [0.29, 0.717) is 18.9 Å². The van der Waals surface area contributed by atoms with Crippen LogP contribution in [-0.4, -0.2) is 42.0 Å². The Labute approximate surface area is 109 Å². The largest absolute Gasteiger partial charge is 0.465 e. The van der Waals surface area contributed by atoms with Gasteiger partial charge in [-0.15, -0.1) is 0 Å². The van der Waals surface area contributed by atoms with Crippen molar-refractivity contribution in [3.63, 3.8) is 0 Å². The van der Waals surface area contributed by atoms with Gasteiger partial charge in [0.05, 0.1) is 6.61 Å². The molecule has 18 heavy (non-hydrogen) atoms. The zero-order valence-corrected chi connectivity index (χ0v) is 11.5. The number of rotatable bonds is 7. The van der Waals surface area contributed by atoms with Crippen molar-refractivity contribution in [2.75, 3.05) is 13.2 Å². The fourth-order valence-electron chi connectivity index (χ4n) is 1.91. The molecule has 0 bridgehead atoms. The van der Waals surface area contributed by atoms with Crippen molar-refractivity contribution in [2.45, 2.75) is 52.1 Å². The molecule has 0 heterocycles. The lowest BCUT2D eigenvalue weighted by Gasteiger charge is -2.27.